The molecule has 0 bridgehead atoms. The number of aromatic nitrogens is 2. The van der Waals surface area contributed by atoms with Crippen LogP contribution in [0.1, 0.15) is 11.4 Å². The molecule has 0 unspecified atom stereocenters. The Morgan fingerprint density at radius 2 is 2.05 bits per heavy atom. The molecule has 0 aliphatic rings. The molecular formula is C16H13BrCl2N2. The van der Waals surface area contributed by atoms with Crippen molar-refractivity contribution in [1.82, 2.24) is 9.55 Å². The van der Waals surface area contributed by atoms with E-state index in [1.807, 2.05) is 24.3 Å². The summed E-state index contributed by atoms with van der Waals surface area (Å²) in [4.78, 5) is 4.67. The van der Waals surface area contributed by atoms with Crippen molar-refractivity contribution in [2.24, 2.45) is 0 Å². The first-order valence-corrected chi connectivity index (χ1v) is 8.30. The summed E-state index contributed by atoms with van der Waals surface area (Å²) in [6, 6.07) is 12.1. The Kier molecular flexibility index (Phi) is 4.25. The molecule has 1 aromatic heterocycles. The molecule has 3 aromatic rings. The first-order valence-electron chi connectivity index (χ1n) is 6.60. The summed E-state index contributed by atoms with van der Waals surface area (Å²) in [6.07, 6.45) is 0.696. The number of nitrogens with zero attached hydrogens (tertiary/aromatic N) is 2. The number of benzene rings is 2. The third-order valence-corrected chi connectivity index (χ3v) is 4.81. The minimum atomic E-state index is 0.524. The highest BCUT2D eigenvalue weighted by atomic mass is 79.9. The first-order chi connectivity index (χ1) is 10.1. The lowest BCUT2D eigenvalue weighted by molar-refractivity contribution is 0.911. The molecule has 108 valence electrons. The van der Waals surface area contributed by atoms with Crippen molar-refractivity contribution >= 4 is 50.2 Å². The molecule has 0 radical (unpaired) electrons. The summed E-state index contributed by atoms with van der Waals surface area (Å²) < 4.78 is 3.22. The smallest absolute Gasteiger partial charge is 0.115 e. The second kappa shape index (κ2) is 5.99. The van der Waals surface area contributed by atoms with Crippen molar-refractivity contribution in [3.63, 3.8) is 0 Å². The van der Waals surface area contributed by atoms with E-state index in [0.717, 1.165) is 27.0 Å². The average molecular weight is 384 g/mol. The summed E-state index contributed by atoms with van der Waals surface area (Å²) in [6.45, 7) is 2.07. The van der Waals surface area contributed by atoms with Gasteiger partial charge in [-0.2, -0.15) is 0 Å². The molecule has 2 aromatic carbocycles. The van der Waals surface area contributed by atoms with E-state index in [0.29, 0.717) is 17.3 Å². The number of rotatable bonds is 3. The average Bonchev–Trinajstić information content (AvgIpc) is 2.82. The molecule has 0 saturated carbocycles. The maximum atomic E-state index is 6.27. The monoisotopic (exact) mass is 382 g/mol. The van der Waals surface area contributed by atoms with E-state index in [-0.39, 0.29) is 0 Å². The Bertz CT molecular complexity index is 811. The van der Waals surface area contributed by atoms with E-state index in [4.69, 9.17) is 23.2 Å². The number of hydrogen-bond acceptors (Lipinski definition) is 1. The molecule has 0 aliphatic carbocycles. The number of alkyl halides is 1. The molecule has 5 heteroatoms. The molecule has 1 heterocycles. The Balaban J connectivity index is 2.30. The number of halogens is 3. The number of aryl methyl sites for hydroxylation is 2. The van der Waals surface area contributed by atoms with Gasteiger partial charge in [0.25, 0.3) is 0 Å². The van der Waals surface area contributed by atoms with Gasteiger partial charge in [-0.15, -0.1) is 11.6 Å². The highest BCUT2D eigenvalue weighted by molar-refractivity contribution is 9.10. The standard InChI is InChI=1S/C16H13BrCl2N2/c1-10-9-11(5-6-12(10)17)21-14-4-2-3-13(19)16(14)20-15(21)7-8-18/h2-6,9H,7-8H2,1H3. The van der Waals surface area contributed by atoms with Crippen LogP contribution < -0.4 is 0 Å². The fourth-order valence-corrected chi connectivity index (χ4v) is 3.05. The molecular weight excluding hydrogens is 371 g/mol. The topological polar surface area (TPSA) is 17.8 Å². The zero-order valence-electron chi connectivity index (χ0n) is 11.4. The maximum absolute atomic E-state index is 6.27. The van der Waals surface area contributed by atoms with Crippen molar-refractivity contribution in [1.29, 1.82) is 0 Å². The van der Waals surface area contributed by atoms with Crippen LogP contribution in [0.5, 0.6) is 0 Å². The number of imidazole rings is 1. The zero-order valence-corrected chi connectivity index (χ0v) is 14.5. The van der Waals surface area contributed by atoms with Gasteiger partial charge in [-0.25, -0.2) is 4.98 Å². The van der Waals surface area contributed by atoms with Crippen LogP contribution in [0.15, 0.2) is 40.9 Å². The third-order valence-electron chi connectivity index (χ3n) is 3.42. The fourth-order valence-electron chi connectivity index (χ4n) is 2.42. The second-order valence-electron chi connectivity index (χ2n) is 4.84. The minimum Gasteiger partial charge on any atom is -0.296 e. The van der Waals surface area contributed by atoms with Crippen LogP contribution in [0.4, 0.5) is 0 Å². The summed E-state index contributed by atoms with van der Waals surface area (Å²) in [7, 11) is 0. The van der Waals surface area contributed by atoms with Gasteiger partial charge in [-0.3, -0.25) is 4.57 Å². The zero-order chi connectivity index (χ0) is 15.0. The van der Waals surface area contributed by atoms with Crippen LogP contribution in [0.2, 0.25) is 5.02 Å². The van der Waals surface area contributed by atoms with Gasteiger partial charge in [-0.05, 0) is 42.8 Å². The van der Waals surface area contributed by atoms with Crippen molar-refractivity contribution in [3.05, 3.63) is 57.3 Å². The predicted molar refractivity (Wildman–Crippen MR) is 92.9 cm³/mol. The van der Waals surface area contributed by atoms with Crippen molar-refractivity contribution in [2.75, 3.05) is 5.88 Å². The van der Waals surface area contributed by atoms with Gasteiger partial charge in [0.15, 0.2) is 0 Å². The Morgan fingerprint density at radius 3 is 2.76 bits per heavy atom. The van der Waals surface area contributed by atoms with Gasteiger partial charge in [-0.1, -0.05) is 33.6 Å². The predicted octanol–water partition coefficient (Wildman–Crippen LogP) is 5.53. The molecule has 0 saturated heterocycles. The van der Waals surface area contributed by atoms with E-state index < -0.39 is 0 Å². The molecule has 0 atom stereocenters. The fraction of sp³-hybridized carbons (Fsp3) is 0.188. The van der Waals surface area contributed by atoms with Gasteiger partial charge in [0.05, 0.1) is 10.5 Å². The molecule has 0 amide bonds. The van der Waals surface area contributed by atoms with Gasteiger partial charge in [0, 0.05) is 22.5 Å². The lowest BCUT2D eigenvalue weighted by atomic mass is 10.2. The summed E-state index contributed by atoms with van der Waals surface area (Å²) in [5.74, 6) is 1.45. The van der Waals surface area contributed by atoms with Crippen molar-refractivity contribution < 1.29 is 0 Å². The molecule has 21 heavy (non-hydrogen) atoms. The van der Waals surface area contributed by atoms with Crippen molar-refractivity contribution in [2.45, 2.75) is 13.3 Å². The lowest BCUT2D eigenvalue weighted by Gasteiger charge is -2.10. The van der Waals surface area contributed by atoms with E-state index in [2.05, 4.69) is 44.5 Å². The number of para-hydroxylation sites is 1. The van der Waals surface area contributed by atoms with E-state index >= 15 is 0 Å². The highest BCUT2D eigenvalue weighted by Crippen LogP contribution is 2.29. The van der Waals surface area contributed by atoms with Crippen molar-refractivity contribution in [3.8, 4) is 5.69 Å². The van der Waals surface area contributed by atoms with Gasteiger partial charge >= 0.3 is 0 Å². The van der Waals surface area contributed by atoms with Gasteiger partial charge in [0.2, 0.25) is 0 Å². The van der Waals surface area contributed by atoms with Crippen LogP contribution in [0.25, 0.3) is 16.7 Å². The van der Waals surface area contributed by atoms with Gasteiger partial charge in [0.1, 0.15) is 11.3 Å². The van der Waals surface area contributed by atoms with E-state index in [9.17, 15) is 0 Å². The number of hydrogen-bond donors (Lipinski definition) is 0. The largest absolute Gasteiger partial charge is 0.296 e. The van der Waals surface area contributed by atoms with Crippen LogP contribution in [-0.4, -0.2) is 15.4 Å². The van der Waals surface area contributed by atoms with Crippen LogP contribution in [-0.2, 0) is 6.42 Å². The molecule has 0 N–H and O–H groups in total. The summed E-state index contributed by atoms with van der Waals surface area (Å²) in [5.41, 5.74) is 4.07. The van der Waals surface area contributed by atoms with Crippen LogP contribution >= 0.6 is 39.1 Å². The third kappa shape index (κ3) is 2.70. The molecule has 2 nitrogen and oxygen atoms in total. The molecule has 0 spiro atoms. The van der Waals surface area contributed by atoms with Gasteiger partial charge < -0.3 is 0 Å². The molecule has 0 fully saturated rings. The maximum Gasteiger partial charge on any atom is 0.115 e. The quantitative estimate of drug-likeness (QED) is 0.543. The van der Waals surface area contributed by atoms with E-state index in [1.165, 1.54) is 5.56 Å². The minimum absolute atomic E-state index is 0.524. The van der Waals surface area contributed by atoms with Crippen LogP contribution in [0.3, 0.4) is 0 Å². The normalized spacial score (nSPS) is 11.2. The first kappa shape index (κ1) is 14.9. The summed E-state index contributed by atoms with van der Waals surface area (Å²) >= 11 is 15.7. The molecule has 3 rings (SSSR count). The summed E-state index contributed by atoms with van der Waals surface area (Å²) in [5, 5.41) is 0.663. The van der Waals surface area contributed by atoms with Crippen LogP contribution in [0, 0.1) is 6.92 Å². The SMILES string of the molecule is Cc1cc(-n2c(CCCl)nc3c(Cl)cccc32)ccc1Br. The second-order valence-corrected chi connectivity index (χ2v) is 6.48. The molecule has 0 aliphatic heterocycles. The Hall–Kier alpha value is -1.03. The van der Waals surface area contributed by atoms with E-state index in [1.54, 1.807) is 0 Å². The Labute approximate surface area is 141 Å². The highest BCUT2D eigenvalue weighted by Gasteiger charge is 2.14. The Morgan fingerprint density at radius 1 is 1.24 bits per heavy atom. The lowest BCUT2D eigenvalue weighted by Crippen LogP contribution is -2.02. The number of fused-ring (bicyclic) bond motifs is 1.